The van der Waals surface area contributed by atoms with E-state index in [1.807, 2.05) is 12.1 Å². The first-order valence-electron chi connectivity index (χ1n) is 15.9. The predicted octanol–water partition coefficient (Wildman–Crippen LogP) is 7.68. The molecule has 0 aliphatic heterocycles. The van der Waals surface area contributed by atoms with Crippen molar-refractivity contribution in [3.05, 3.63) is 23.8 Å². The number of halogens is 2. The van der Waals surface area contributed by atoms with Gasteiger partial charge in [-0.1, -0.05) is 47.0 Å². The lowest BCUT2D eigenvalue weighted by molar-refractivity contribution is -0.140. The van der Waals surface area contributed by atoms with Crippen molar-refractivity contribution < 1.29 is 14.3 Å². The number of ether oxygens (including phenoxy) is 1. The number of nitrogens with zero attached hydrogens (tertiary/aromatic N) is 4. The third-order valence-electron chi connectivity index (χ3n) is 7.51. The number of fused-ring (bicyclic) bond motifs is 1. The summed E-state index contributed by atoms with van der Waals surface area (Å²) >= 11 is 0. The second-order valence-electron chi connectivity index (χ2n) is 12.5. The van der Waals surface area contributed by atoms with Gasteiger partial charge in [0.2, 0.25) is 5.95 Å². The number of hydrogen-bond acceptors (Lipinski definition) is 6. The van der Waals surface area contributed by atoms with E-state index in [1.165, 1.54) is 39.0 Å². The van der Waals surface area contributed by atoms with Gasteiger partial charge >= 0.3 is 5.97 Å². The highest BCUT2D eigenvalue weighted by Gasteiger charge is 2.21. The number of imidazole rings is 1. The number of anilines is 1. The third kappa shape index (κ3) is 15.0. The Labute approximate surface area is 273 Å². The summed E-state index contributed by atoms with van der Waals surface area (Å²) in [6.45, 7) is 16.1. The Morgan fingerprint density at radius 2 is 1.60 bits per heavy atom. The average Bonchev–Trinajstić information content (AvgIpc) is 3.24. The molecular weight excluding hydrogens is 585 g/mol. The Balaban J connectivity index is 0.00000200. The van der Waals surface area contributed by atoms with Crippen LogP contribution in [0.15, 0.2) is 18.2 Å². The van der Waals surface area contributed by atoms with E-state index >= 15 is 0 Å². The minimum atomic E-state index is -0.211. The smallest absolute Gasteiger partial charge is 0.302 e. The van der Waals surface area contributed by atoms with Crippen LogP contribution in [-0.2, 0) is 16.1 Å². The van der Waals surface area contributed by atoms with Crippen LogP contribution in [0, 0.1) is 11.8 Å². The number of nitrogens with one attached hydrogen (secondary N) is 1. The highest BCUT2D eigenvalue weighted by Crippen LogP contribution is 2.26. The molecule has 43 heavy (non-hydrogen) atoms. The van der Waals surface area contributed by atoms with Gasteiger partial charge in [0, 0.05) is 38.2 Å². The first-order valence-corrected chi connectivity index (χ1v) is 15.9. The van der Waals surface area contributed by atoms with Gasteiger partial charge in [-0.2, -0.15) is 0 Å². The monoisotopic (exact) mass is 643 g/mol. The molecule has 1 aromatic carbocycles. The Morgan fingerprint density at radius 1 is 1.00 bits per heavy atom. The van der Waals surface area contributed by atoms with E-state index in [2.05, 4.69) is 72.3 Å². The van der Waals surface area contributed by atoms with Gasteiger partial charge in [0.15, 0.2) is 0 Å². The number of carbonyl (C=O) groups is 2. The van der Waals surface area contributed by atoms with E-state index in [4.69, 9.17) is 4.98 Å². The molecule has 3 rings (SSSR count). The number of aromatic nitrogens is 2. The highest BCUT2D eigenvalue weighted by molar-refractivity contribution is 5.97. The Hall–Kier alpha value is -2.03. The number of esters is 1. The molecule has 1 aromatic heterocycles. The molecule has 0 bridgehead atoms. The van der Waals surface area contributed by atoms with Crippen LogP contribution in [0.3, 0.4) is 0 Å². The summed E-state index contributed by atoms with van der Waals surface area (Å²) in [6, 6.07) is 6.60. The van der Waals surface area contributed by atoms with Crippen molar-refractivity contribution in [1.29, 1.82) is 0 Å². The Kier molecular flexibility index (Phi) is 20.6. The molecule has 0 spiro atoms. The number of rotatable bonds is 14. The summed E-state index contributed by atoms with van der Waals surface area (Å²) in [4.78, 5) is 32.7. The molecule has 8 nitrogen and oxygen atoms in total. The molecule has 0 atom stereocenters. The van der Waals surface area contributed by atoms with E-state index in [0.717, 1.165) is 68.0 Å². The fourth-order valence-corrected chi connectivity index (χ4v) is 5.10. The largest absolute Gasteiger partial charge is 0.466 e. The number of hydrogen-bond donors (Lipinski definition) is 1. The minimum Gasteiger partial charge on any atom is -0.466 e. The maximum Gasteiger partial charge on any atom is 0.302 e. The molecule has 1 aliphatic rings. The summed E-state index contributed by atoms with van der Waals surface area (Å²) < 4.78 is 6.72. The number of carbonyl (C=O) groups excluding carboxylic acids is 2. The summed E-state index contributed by atoms with van der Waals surface area (Å²) in [6.07, 6.45) is 9.46. The van der Waals surface area contributed by atoms with Gasteiger partial charge in [0.25, 0.3) is 5.91 Å². The van der Waals surface area contributed by atoms with Crippen LogP contribution in [0.2, 0.25) is 0 Å². The van der Waals surface area contributed by atoms with Crippen molar-refractivity contribution in [1.82, 2.24) is 19.4 Å². The summed E-state index contributed by atoms with van der Waals surface area (Å²) in [5, 5.41) is 3.76. The van der Waals surface area contributed by atoms with Crippen LogP contribution in [0.5, 0.6) is 0 Å². The van der Waals surface area contributed by atoms with Gasteiger partial charge in [0.1, 0.15) is 0 Å². The predicted molar refractivity (Wildman–Crippen MR) is 185 cm³/mol. The highest BCUT2D eigenvalue weighted by atomic mass is 35.5. The molecule has 1 N–H and O–H groups in total. The molecule has 0 unspecified atom stereocenters. The fourth-order valence-electron chi connectivity index (χ4n) is 5.10. The van der Waals surface area contributed by atoms with Crippen LogP contribution < -0.4 is 5.32 Å². The van der Waals surface area contributed by atoms with Crippen molar-refractivity contribution in [3.8, 4) is 0 Å². The molecule has 0 saturated heterocycles. The van der Waals surface area contributed by atoms with Crippen LogP contribution in [-0.4, -0.2) is 77.6 Å². The standard InChI is InChI=1S/C29H49N5O.C4H8O2.2ClH/c1-22(2)15-19-33(20-16-23(3)4)28(35)24-13-14-26-27(21-24)34(18-10-17-32(5)6)29(31-26)30-25-11-8-7-9-12-25;1-3-6-4(2)5;;/h13-14,21-23,25H,7-12,15-20H2,1-6H3,(H,30,31);3H2,1-2H3;2*1H. The molecule has 248 valence electrons. The van der Waals surface area contributed by atoms with Crippen LogP contribution in [0.1, 0.15) is 103 Å². The molecule has 0 radical (unpaired) electrons. The quantitative estimate of drug-likeness (QED) is 0.213. The van der Waals surface area contributed by atoms with Crippen molar-refractivity contribution >= 4 is 53.7 Å². The summed E-state index contributed by atoms with van der Waals surface area (Å²) in [5.41, 5.74) is 2.82. The molecule has 1 amide bonds. The van der Waals surface area contributed by atoms with E-state index in [1.54, 1.807) is 6.92 Å². The van der Waals surface area contributed by atoms with Gasteiger partial charge < -0.3 is 24.4 Å². The number of benzene rings is 1. The zero-order chi connectivity index (χ0) is 30.4. The second kappa shape index (κ2) is 21.6. The van der Waals surface area contributed by atoms with Gasteiger partial charge in [-0.15, -0.1) is 24.8 Å². The zero-order valence-corrected chi connectivity index (χ0v) is 29.6. The zero-order valence-electron chi connectivity index (χ0n) is 28.0. The Bertz CT molecular complexity index is 1060. The van der Waals surface area contributed by atoms with E-state index in [0.29, 0.717) is 24.5 Å². The van der Waals surface area contributed by atoms with Gasteiger partial charge in [-0.3, -0.25) is 9.59 Å². The average molecular weight is 645 g/mol. The van der Waals surface area contributed by atoms with Crippen molar-refractivity contribution in [2.45, 2.75) is 105 Å². The first-order chi connectivity index (χ1) is 19.5. The maximum atomic E-state index is 13.6. The summed E-state index contributed by atoms with van der Waals surface area (Å²) in [7, 11) is 4.24. The topological polar surface area (TPSA) is 79.7 Å². The first kappa shape index (κ1) is 41.0. The van der Waals surface area contributed by atoms with Gasteiger partial charge in [-0.05, 0) is 89.7 Å². The lowest BCUT2D eigenvalue weighted by Gasteiger charge is -2.25. The van der Waals surface area contributed by atoms with Crippen molar-refractivity contribution in [3.63, 3.8) is 0 Å². The van der Waals surface area contributed by atoms with E-state index < -0.39 is 0 Å². The second-order valence-corrected chi connectivity index (χ2v) is 12.5. The minimum absolute atomic E-state index is 0. The number of amides is 1. The number of aryl methyl sites for hydroxylation is 1. The molecular formula is C33H59Cl2N5O3. The van der Waals surface area contributed by atoms with Crippen molar-refractivity contribution in [2.24, 2.45) is 11.8 Å². The molecule has 1 heterocycles. The molecule has 1 aliphatic carbocycles. The van der Waals surface area contributed by atoms with E-state index in [9.17, 15) is 9.59 Å². The van der Waals surface area contributed by atoms with Crippen LogP contribution in [0.4, 0.5) is 5.95 Å². The van der Waals surface area contributed by atoms with Crippen LogP contribution >= 0.6 is 24.8 Å². The third-order valence-corrected chi connectivity index (χ3v) is 7.51. The maximum absolute atomic E-state index is 13.6. The van der Waals surface area contributed by atoms with E-state index in [-0.39, 0.29) is 36.7 Å². The van der Waals surface area contributed by atoms with Gasteiger partial charge in [0.05, 0.1) is 17.6 Å². The molecule has 1 saturated carbocycles. The molecule has 10 heteroatoms. The van der Waals surface area contributed by atoms with Crippen LogP contribution in [0.25, 0.3) is 11.0 Å². The Morgan fingerprint density at radius 3 is 2.09 bits per heavy atom. The normalized spacial score (nSPS) is 13.3. The van der Waals surface area contributed by atoms with Gasteiger partial charge in [-0.25, -0.2) is 4.98 Å². The van der Waals surface area contributed by atoms with Crippen molar-refractivity contribution in [2.75, 3.05) is 45.7 Å². The lowest BCUT2D eigenvalue weighted by Crippen LogP contribution is -2.34. The molecule has 2 aromatic rings. The fraction of sp³-hybridized carbons (Fsp3) is 0.727. The molecule has 1 fully saturated rings. The lowest BCUT2D eigenvalue weighted by atomic mass is 9.96. The SMILES string of the molecule is CC(C)CCN(CCC(C)C)C(=O)c1ccc2nc(NC3CCCCC3)n(CCCN(C)C)c2c1.CCOC(C)=O.Cl.Cl. The summed E-state index contributed by atoms with van der Waals surface area (Å²) in [5.74, 6) is 2.07.